The fourth-order valence-electron chi connectivity index (χ4n) is 1.88. The summed E-state index contributed by atoms with van der Waals surface area (Å²) in [4.78, 5) is 11.4. The van der Waals surface area contributed by atoms with E-state index >= 15 is 0 Å². The van der Waals surface area contributed by atoms with E-state index in [2.05, 4.69) is 15.6 Å². The van der Waals surface area contributed by atoms with Crippen molar-refractivity contribution in [1.82, 2.24) is 10.9 Å². The number of hydrazine groups is 1. The minimum Gasteiger partial charge on any atom is -0.468 e. The second-order valence-corrected chi connectivity index (χ2v) is 3.90. The van der Waals surface area contributed by atoms with Gasteiger partial charge in [-0.25, -0.2) is 15.2 Å². The van der Waals surface area contributed by atoms with Crippen LogP contribution in [0.3, 0.4) is 0 Å². The molecule has 1 aliphatic rings. The van der Waals surface area contributed by atoms with Gasteiger partial charge < -0.3 is 10.5 Å². The second kappa shape index (κ2) is 4.79. The maximum Gasteiger partial charge on any atom is 0.325 e. The quantitative estimate of drug-likeness (QED) is 0.625. The van der Waals surface area contributed by atoms with E-state index in [0.717, 1.165) is 5.56 Å². The van der Waals surface area contributed by atoms with Crippen LogP contribution < -0.4 is 16.6 Å². The topological polar surface area (TPSA) is 76.4 Å². The van der Waals surface area contributed by atoms with Gasteiger partial charge in [0.15, 0.2) is 0 Å². The third-order valence-electron chi connectivity index (χ3n) is 2.85. The van der Waals surface area contributed by atoms with Gasteiger partial charge in [0.05, 0.1) is 19.2 Å². The van der Waals surface area contributed by atoms with Gasteiger partial charge in [0.25, 0.3) is 0 Å². The van der Waals surface area contributed by atoms with Crippen molar-refractivity contribution in [2.45, 2.75) is 18.1 Å². The molecule has 0 aliphatic carbocycles. The molecule has 1 fully saturated rings. The molecule has 0 aromatic heterocycles. The minimum atomic E-state index is -0.602. The van der Waals surface area contributed by atoms with Crippen molar-refractivity contribution in [3.05, 3.63) is 35.6 Å². The normalized spacial score (nSPS) is 28.1. The maximum atomic E-state index is 12.8. The number of hydrogen-bond donors (Lipinski definition) is 3. The van der Waals surface area contributed by atoms with Crippen molar-refractivity contribution in [2.75, 3.05) is 7.11 Å². The van der Waals surface area contributed by atoms with Gasteiger partial charge in [0, 0.05) is 0 Å². The molecule has 3 unspecified atom stereocenters. The van der Waals surface area contributed by atoms with Gasteiger partial charge >= 0.3 is 5.97 Å². The molecular weight excluding hydrogens is 225 g/mol. The lowest BCUT2D eigenvalue weighted by Gasteiger charge is -2.17. The largest absolute Gasteiger partial charge is 0.468 e. The van der Waals surface area contributed by atoms with E-state index in [4.69, 9.17) is 5.73 Å². The lowest BCUT2D eigenvalue weighted by Crippen LogP contribution is -2.45. The summed E-state index contributed by atoms with van der Waals surface area (Å²) < 4.78 is 17.4. The second-order valence-electron chi connectivity index (χ2n) is 3.90. The number of halogens is 1. The molecule has 4 N–H and O–H groups in total. The number of rotatable bonds is 2. The highest BCUT2D eigenvalue weighted by atomic mass is 19.1. The first-order valence-corrected chi connectivity index (χ1v) is 5.23. The molecule has 92 valence electrons. The Labute approximate surface area is 98.1 Å². The van der Waals surface area contributed by atoms with Crippen LogP contribution in [0.5, 0.6) is 0 Å². The first kappa shape index (κ1) is 12.0. The number of esters is 1. The number of ether oxygens (including phenoxy) is 1. The Morgan fingerprint density at radius 2 is 2.00 bits per heavy atom. The van der Waals surface area contributed by atoms with Crippen LogP contribution >= 0.6 is 0 Å². The summed E-state index contributed by atoms with van der Waals surface area (Å²) in [6.45, 7) is 0. The minimum absolute atomic E-state index is 0.250. The molecule has 5 nitrogen and oxygen atoms in total. The van der Waals surface area contributed by atoms with Crippen LogP contribution in [0.15, 0.2) is 24.3 Å². The first-order chi connectivity index (χ1) is 8.13. The number of hydrogen-bond acceptors (Lipinski definition) is 5. The van der Waals surface area contributed by atoms with E-state index in [0.29, 0.717) is 0 Å². The van der Waals surface area contributed by atoms with Crippen LogP contribution in [-0.2, 0) is 9.53 Å². The van der Waals surface area contributed by atoms with Crippen molar-refractivity contribution in [1.29, 1.82) is 0 Å². The van der Waals surface area contributed by atoms with Crippen molar-refractivity contribution in [3.8, 4) is 0 Å². The number of nitrogens with two attached hydrogens (primary N) is 1. The molecule has 1 aromatic rings. The van der Waals surface area contributed by atoms with Crippen LogP contribution in [0.25, 0.3) is 0 Å². The van der Waals surface area contributed by atoms with Gasteiger partial charge in [-0.2, -0.15) is 0 Å². The summed E-state index contributed by atoms with van der Waals surface area (Å²) in [7, 11) is 1.31. The van der Waals surface area contributed by atoms with E-state index in [9.17, 15) is 9.18 Å². The predicted molar refractivity (Wildman–Crippen MR) is 59.2 cm³/mol. The van der Waals surface area contributed by atoms with E-state index in [1.165, 1.54) is 19.2 Å². The fourth-order valence-corrected chi connectivity index (χ4v) is 1.88. The number of benzene rings is 1. The molecule has 17 heavy (non-hydrogen) atoms. The van der Waals surface area contributed by atoms with Gasteiger partial charge in [-0.15, -0.1) is 0 Å². The van der Waals surface area contributed by atoms with Gasteiger partial charge in [0.2, 0.25) is 0 Å². The Hall–Kier alpha value is -1.50. The summed E-state index contributed by atoms with van der Waals surface area (Å²) in [5.41, 5.74) is 12.5. The smallest absolute Gasteiger partial charge is 0.325 e. The van der Waals surface area contributed by atoms with Crippen LogP contribution in [-0.4, -0.2) is 25.2 Å². The Morgan fingerprint density at radius 1 is 1.35 bits per heavy atom. The Morgan fingerprint density at radius 3 is 2.59 bits per heavy atom. The highest BCUT2D eigenvalue weighted by Gasteiger charge is 2.38. The van der Waals surface area contributed by atoms with Gasteiger partial charge in [0.1, 0.15) is 11.9 Å². The highest BCUT2D eigenvalue weighted by Crippen LogP contribution is 2.22. The third kappa shape index (κ3) is 2.28. The monoisotopic (exact) mass is 239 g/mol. The molecule has 1 aliphatic heterocycles. The van der Waals surface area contributed by atoms with Gasteiger partial charge in [-0.05, 0) is 17.7 Å². The lowest BCUT2D eigenvalue weighted by atomic mass is 9.97. The number of nitrogens with one attached hydrogen (secondary N) is 2. The molecule has 3 atom stereocenters. The Kier molecular flexibility index (Phi) is 3.37. The lowest BCUT2D eigenvalue weighted by molar-refractivity contribution is -0.143. The number of carbonyl (C=O) groups is 1. The Bertz CT molecular complexity index is 410. The SMILES string of the molecule is COC(=O)C1NNC(c2ccc(F)cc2)C1N. The van der Waals surface area contributed by atoms with E-state index in [-0.39, 0.29) is 11.9 Å². The van der Waals surface area contributed by atoms with Gasteiger partial charge in [-0.1, -0.05) is 12.1 Å². The third-order valence-corrected chi connectivity index (χ3v) is 2.85. The summed E-state index contributed by atoms with van der Waals surface area (Å²) in [6.07, 6.45) is 0. The van der Waals surface area contributed by atoms with Gasteiger partial charge in [-0.3, -0.25) is 4.79 Å². The zero-order chi connectivity index (χ0) is 12.4. The van der Waals surface area contributed by atoms with E-state index < -0.39 is 18.1 Å². The van der Waals surface area contributed by atoms with E-state index in [1.807, 2.05) is 0 Å². The zero-order valence-corrected chi connectivity index (χ0v) is 9.31. The number of methoxy groups -OCH3 is 1. The van der Waals surface area contributed by atoms with Crippen molar-refractivity contribution in [3.63, 3.8) is 0 Å². The molecule has 0 amide bonds. The molecule has 0 saturated carbocycles. The van der Waals surface area contributed by atoms with Crippen LogP contribution in [0, 0.1) is 5.82 Å². The summed E-state index contributed by atoms with van der Waals surface area (Å²) >= 11 is 0. The zero-order valence-electron chi connectivity index (χ0n) is 9.31. The van der Waals surface area contributed by atoms with Crippen LogP contribution in [0.4, 0.5) is 4.39 Å². The molecule has 1 heterocycles. The van der Waals surface area contributed by atoms with E-state index in [1.54, 1.807) is 12.1 Å². The predicted octanol–water partition coefficient (Wildman–Crippen LogP) is -0.157. The molecule has 0 spiro atoms. The summed E-state index contributed by atoms with van der Waals surface area (Å²) in [6, 6.07) is 4.66. The molecule has 0 bridgehead atoms. The molecule has 1 aromatic carbocycles. The van der Waals surface area contributed by atoms with Crippen molar-refractivity contribution >= 4 is 5.97 Å². The number of carbonyl (C=O) groups excluding carboxylic acids is 1. The summed E-state index contributed by atoms with van der Waals surface area (Å²) in [5, 5.41) is 0. The molecule has 2 rings (SSSR count). The fraction of sp³-hybridized carbons (Fsp3) is 0.364. The highest BCUT2D eigenvalue weighted by molar-refractivity contribution is 5.77. The standard InChI is InChI=1S/C11H14FN3O2/c1-17-11(16)10-8(13)9(14-15-10)6-2-4-7(12)5-3-6/h2-5,8-10,14-15H,13H2,1H3. The molecule has 0 radical (unpaired) electrons. The first-order valence-electron chi connectivity index (χ1n) is 5.23. The van der Waals surface area contributed by atoms with Crippen LogP contribution in [0.1, 0.15) is 11.6 Å². The van der Waals surface area contributed by atoms with Crippen LogP contribution in [0.2, 0.25) is 0 Å². The molecule has 1 saturated heterocycles. The van der Waals surface area contributed by atoms with Crippen molar-refractivity contribution < 1.29 is 13.9 Å². The summed E-state index contributed by atoms with van der Waals surface area (Å²) in [5.74, 6) is -0.729. The Balaban J connectivity index is 2.14. The maximum absolute atomic E-state index is 12.8. The average molecular weight is 239 g/mol. The molecule has 6 heteroatoms. The average Bonchev–Trinajstić information content (AvgIpc) is 2.71. The van der Waals surface area contributed by atoms with Crippen molar-refractivity contribution in [2.24, 2.45) is 5.73 Å². The molecular formula is C11H14FN3O2.